The Labute approximate surface area is 172 Å². The smallest absolute Gasteiger partial charge is 0.243 e. The summed E-state index contributed by atoms with van der Waals surface area (Å²) in [6.07, 6.45) is 7.36. The summed E-state index contributed by atoms with van der Waals surface area (Å²) < 4.78 is 7.35. The summed E-state index contributed by atoms with van der Waals surface area (Å²) in [6, 6.07) is 6.58. The molecular weight excluding hydrogens is 366 g/mol. The van der Waals surface area contributed by atoms with Crippen molar-refractivity contribution in [2.45, 2.75) is 64.2 Å². The highest BCUT2D eigenvalue weighted by Crippen LogP contribution is 2.40. The van der Waals surface area contributed by atoms with Crippen LogP contribution in [0.3, 0.4) is 0 Å². The van der Waals surface area contributed by atoms with Crippen molar-refractivity contribution in [3.63, 3.8) is 0 Å². The Morgan fingerprint density at radius 3 is 2.66 bits per heavy atom. The van der Waals surface area contributed by atoms with Crippen molar-refractivity contribution in [3.05, 3.63) is 42.0 Å². The van der Waals surface area contributed by atoms with E-state index in [0.717, 1.165) is 56.6 Å². The molecule has 2 aromatic rings. The lowest BCUT2D eigenvalue weighted by atomic mass is 9.84. The van der Waals surface area contributed by atoms with Gasteiger partial charge in [0.05, 0.1) is 13.7 Å². The predicted octanol–water partition coefficient (Wildman–Crippen LogP) is 2.70. The Hall–Kier alpha value is -2.41. The molecule has 2 saturated heterocycles. The normalized spacial score (nSPS) is 22.8. The van der Waals surface area contributed by atoms with Crippen LogP contribution in [0.15, 0.2) is 30.9 Å². The number of hydrogen-bond acceptors (Lipinski definition) is 5. The number of piperidine rings is 1. The highest BCUT2D eigenvalue weighted by Gasteiger charge is 2.51. The minimum atomic E-state index is -0.325. The molecule has 2 fully saturated rings. The lowest BCUT2D eigenvalue weighted by Gasteiger charge is -2.46. The molecule has 7 heteroatoms. The van der Waals surface area contributed by atoms with E-state index in [1.807, 2.05) is 6.07 Å². The first-order valence-electron chi connectivity index (χ1n) is 10.6. The molecule has 1 aromatic heterocycles. The Bertz CT molecular complexity index is 851. The minimum absolute atomic E-state index is 0.261. The Morgan fingerprint density at radius 1 is 1.17 bits per heavy atom. The number of nitrogens with zero attached hydrogens (tertiary/aromatic N) is 5. The topological polar surface area (TPSA) is 63.5 Å². The fourth-order valence-electron chi connectivity index (χ4n) is 4.96. The van der Waals surface area contributed by atoms with Gasteiger partial charge in [0, 0.05) is 24.7 Å². The first-order chi connectivity index (χ1) is 14.0. The molecular formula is C22H31N5O2. The van der Waals surface area contributed by atoms with E-state index in [4.69, 9.17) is 4.74 Å². The Morgan fingerprint density at radius 2 is 1.97 bits per heavy atom. The molecule has 2 aliphatic rings. The van der Waals surface area contributed by atoms with Gasteiger partial charge >= 0.3 is 0 Å². The minimum Gasteiger partial charge on any atom is -0.496 e. The van der Waals surface area contributed by atoms with Gasteiger partial charge < -0.3 is 9.64 Å². The highest BCUT2D eigenvalue weighted by molar-refractivity contribution is 5.87. The molecule has 1 amide bonds. The lowest BCUT2D eigenvalue weighted by Crippen LogP contribution is -2.61. The van der Waals surface area contributed by atoms with Crippen molar-refractivity contribution in [2.24, 2.45) is 0 Å². The predicted molar refractivity (Wildman–Crippen MR) is 111 cm³/mol. The van der Waals surface area contributed by atoms with Gasteiger partial charge in [0.2, 0.25) is 5.91 Å². The molecule has 1 aromatic carbocycles. The van der Waals surface area contributed by atoms with Gasteiger partial charge in [0.1, 0.15) is 23.9 Å². The van der Waals surface area contributed by atoms with E-state index in [1.54, 1.807) is 24.4 Å². The second-order valence-corrected chi connectivity index (χ2v) is 8.49. The number of aromatic nitrogens is 3. The molecule has 1 unspecified atom stereocenters. The van der Waals surface area contributed by atoms with Gasteiger partial charge in [-0.3, -0.25) is 9.69 Å². The van der Waals surface area contributed by atoms with Crippen molar-refractivity contribution in [3.8, 4) is 5.75 Å². The van der Waals surface area contributed by atoms with Crippen molar-refractivity contribution in [2.75, 3.05) is 20.2 Å². The summed E-state index contributed by atoms with van der Waals surface area (Å²) in [5.41, 5.74) is 1.95. The zero-order chi connectivity index (χ0) is 20.4. The molecule has 0 bridgehead atoms. The van der Waals surface area contributed by atoms with Crippen LogP contribution in [0.5, 0.6) is 5.75 Å². The van der Waals surface area contributed by atoms with Crippen molar-refractivity contribution in [1.82, 2.24) is 24.6 Å². The molecule has 7 nitrogen and oxygen atoms in total. The number of amides is 1. The summed E-state index contributed by atoms with van der Waals surface area (Å²) in [4.78, 5) is 21.9. The molecule has 4 rings (SSSR count). The Balaban J connectivity index is 1.57. The highest BCUT2D eigenvalue weighted by atomic mass is 16.5. The third-order valence-electron chi connectivity index (χ3n) is 6.41. The number of methoxy groups -OCH3 is 1. The lowest BCUT2D eigenvalue weighted by molar-refractivity contribution is -0.149. The average molecular weight is 398 g/mol. The average Bonchev–Trinajstić information content (AvgIpc) is 3.35. The molecule has 3 heterocycles. The zero-order valence-corrected chi connectivity index (χ0v) is 17.7. The molecule has 2 aliphatic heterocycles. The van der Waals surface area contributed by atoms with Crippen LogP contribution in [-0.2, 0) is 17.9 Å². The van der Waals surface area contributed by atoms with Crippen LogP contribution in [-0.4, -0.2) is 62.3 Å². The second-order valence-electron chi connectivity index (χ2n) is 8.49. The Kier molecular flexibility index (Phi) is 5.58. The number of benzene rings is 1. The summed E-state index contributed by atoms with van der Waals surface area (Å²) in [6.45, 7) is 7.50. The molecule has 156 valence electrons. The van der Waals surface area contributed by atoms with Crippen LogP contribution < -0.4 is 4.74 Å². The van der Waals surface area contributed by atoms with Gasteiger partial charge in [-0.25, -0.2) is 9.67 Å². The quantitative estimate of drug-likeness (QED) is 0.750. The standard InChI is InChI=1S/C22H31N5O2/c1-17(2)27-11-5-9-22(21(27)28)8-4-10-25(22)13-18-6-7-20(29-3)19(12-18)14-26-16-23-15-24-26/h6-7,12,15-17H,4-5,8-11,13-14H2,1-3H3. The van der Waals surface area contributed by atoms with Crippen LogP contribution in [0, 0.1) is 0 Å². The SMILES string of the molecule is COc1ccc(CN2CCCC23CCCN(C(C)C)C3=O)cc1Cn1cncn1. The molecule has 0 aliphatic carbocycles. The van der Waals surface area contributed by atoms with E-state index >= 15 is 0 Å². The van der Waals surface area contributed by atoms with E-state index in [0.29, 0.717) is 12.5 Å². The van der Waals surface area contributed by atoms with E-state index in [1.165, 1.54) is 5.56 Å². The van der Waals surface area contributed by atoms with Gasteiger partial charge in [0.15, 0.2) is 0 Å². The fourth-order valence-corrected chi connectivity index (χ4v) is 4.96. The zero-order valence-electron chi connectivity index (χ0n) is 17.7. The molecule has 0 N–H and O–H groups in total. The molecule has 29 heavy (non-hydrogen) atoms. The largest absolute Gasteiger partial charge is 0.496 e. The molecule has 1 atom stereocenters. The number of hydrogen-bond donors (Lipinski definition) is 0. The summed E-state index contributed by atoms with van der Waals surface area (Å²) >= 11 is 0. The summed E-state index contributed by atoms with van der Waals surface area (Å²) in [7, 11) is 1.69. The number of rotatable bonds is 6. The molecule has 0 radical (unpaired) electrons. The number of carbonyl (C=O) groups excluding carboxylic acids is 1. The van der Waals surface area contributed by atoms with Crippen LogP contribution in [0.4, 0.5) is 0 Å². The van der Waals surface area contributed by atoms with Crippen LogP contribution in [0.1, 0.15) is 50.7 Å². The number of ether oxygens (including phenoxy) is 1. The van der Waals surface area contributed by atoms with Gasteiger partial charge in [-0.1, -0.05) is 6.07 Å². The van der Waals surface area contributed by atoms with E-state index in [-0.39, 0.29) is 11.6 Å². The first kappa shape index (κ1) is 19.9. The number of carbonyl (C=O) groups is 1. The third kappa shape index (κ3) is 3.75. The van der Waals surface area contributed by atoms with Crippen molar-refractivity contribution < 1.29 is 9.53 Å². The van der Waals surface area contributed by atoms with Gasteiger partial charge in [0.25, 0.3) is 0 Å². The van der Waals surface area contributed by atoms with E-state index < -0.39 is 0 Å². The van der Waals surface area contributed by atoms with Crippen LogP contribution >= 0.6 is 0 Å². The molecule has 0 saturated carbocycles. The van der Waals surface area contributed by atoms with Gasteiger partial charge in [-0.15, -0.1) is 0 Å². The first-order valence-corrected chi connectivity index (χ1v) is 10.6. The van der Waals surface area contributed by atoms with Crippen molar-refractivity contribution >= 4 is 5.91 Å². The maximum absolute atomic E-state index is 13.4. The maximum atomic E-state index is 13.4. The third-order valence-corrected chi connectivity index (χ3v) is 6.41. The van der Waals surface area contributed by atoms with Crippen LogP contribution in [0.25, 0.3) is 0 Å². The fraction of sp³-hybridized carbons (Fsp3) is 0.591. The van der Waals surface area contributed by atoms with Gasteiger partial charge in [-0.2, -0.15) is 5.10 Å². The monoisotopic (exact) mass is 397 g/mol. The maximum Gasteiger partial charge on any atom is 0.243 e. The van der Waals surface area contributed by atoms with E-state index in [2.05, 4.69) is 45.9 Å². The van der Waals surface area contributed by atoms with Gasteiger partial charge in [-0.05, 0) is 63.8 Å². The van der Waals surface area contributed by atoms with E-state index in [9.17, 15) is 4.79 Å². The second kappa shape index (κ2) is 8.14. The molecule has 1 spiro atoms. The number of likely N-dealkylation sites (tertiary alicyclic amines) is 2. The summed E-state index contributed by atoms with van der Waals surface area (Å²) in [5, 5.41) is 4.21. The summed E-state index contributed by atoms with van der Waals surface area (Å²) in [5.74, 6) is 1.17. The van der Waals surface area contributed by atoms with Crippen LogP contribution in [0.2, 0.25) is 0 Å². The van der Waals surface area contributed by atoms with Crippen molar-refractivity contribution in [1.29, 1.82) is 0 Å².